The Morgan fingerprint density at radius 3 is 2.52 bits per heavy atom. The SMILES string of the molecule is COc1cc(C=NNC(N)=O)ccc1OCCOc1ccc(C)cc1. The number of nitrogens with two attached hydrogens (primary N) is 1. The zero-order chi connectivity index (χ0) is 18.1. The molecule has 0 bridgehead atoms. The molecule has 0 aliphatic carbocycles. The molecule has 0 radical (unpaired) electrons. The molecule has 0 heterocycles. The summed E-state index contributed by atoms with van der Waals surface area (Å²) < 4.78 is 16.6. The van der Waals surface area contributed by atoms with Crippen molar-refractivity contribution in [2.75, 3.05) is 20.3 Å². The van der Waals surface area contributed by atoms with Crippen molar-refractivity contribution in [1.82, 2.24) is 5.43 Å². The van der Waals surface area contributed by atoms with Gasteiger partial charge in [-0.05, 0) is 42.8 Å². The van der Waals surface area contributed by atoms with Crippen molar-refractivity contribution in [3.05, 3.63) is 53.6 Å². The summed E-state index contributed by atoms with van der Waals surface area (Å²) in [5.41, 5.74) is 8.97. The number of carbonyl (C=O) groups is 1. The highest BCUT2D eigenvalue weighted by atomic mass is 16.5. The summed E-state index contributed by atoms with van der Waals surface area (Å²) in [6.07, 6.45) is 1.46. The third-order valence-electron chi connectivity index (χ3n) is 3.21. The van der Waals surface area contributed by atoms with Crippen LogP contribution in [-0.2, 0) is 0 Å². The van der Waals surface area contributed by atoms with Crippen molar-refractivity contribution < 1.29 is 19.0 Å². The molecule has 3 N–H and O–H groups in total. The Bertz CT molecular complexity index is 730. The van der Waals surface area contributed by atoms with Crippen LogP contribution in [0.3, 0.4) is 0 Å². The first-order valence-corrected chi connectivity index (χ1v) is 7.67. The predicted molar refractivity (Wildman–Crippen MR) is 95.5 cm³/mol. The summed E-state index contributed by atoms with van der Waals surface area (Å²) in [6.45, 7) is 2.82. The molecule has 0 saturated carbocycles. The van der Waals surface area contributed by atoms with Gasteiger partial charge in [-0.15, -0.1) is 0 Å². The van der Waals surface area contributed by atoms with Gasteiger partial charge in [0.05, 0.1) is 13.3 Å². The number of hydrogen-bond donors (Lipinski definition) is 2. The number of hydrazone groups is 1. The number of urea groups is 1. The van der Waals surface area contributed by atoms with Crippen LogP contribution in [0.15, 0.2) is 47.6 Å². The van der Waals surface area contributed by atoms with E-state index < -0.39 is 6.03 Å². The van der Waals surface area contributed by atoms with Crippen LogP contribution in [0.4, 0.5) is 4.79 Å². The maximum Gasteiger partial charge on any atom is 0.332 e. The van der Waals surface area contributed by atoms with E-state index in [2.05, 4.69) is 10.5 Å². The van der Waals surface area contributed by atoms with E-state index in [1.54, 1.807) is 25.3 Å². The van der Waals surface area contributed by atoms with Crippen LogP contribution in [0.25, 0.3) is 0 Å². The van der Waals surface area contributed by atoms with Crippen LogP contribution < -0.4 is 25.4 Å². The molecular formula is C18H21N3O4. The Kier molecular flexibility index (Phi) is 6.65. The molecule has 0 saturated heterocycles. The summed E-state index contributed by atoms with van der Waals surface area (Å²) in [4.78, 5) is 10.6. The minimum atomic E-state index is -0.725. The lowest BCUT2D eigenvalue weighted by Gasteiger charge is -2.12. The molecule has 7 heteroatoms. The number of nitrogens with one attached hydrogen (secondary N) is 1. The monoisotopic (exact) mass is 343 g/mol. The predicted octanol–water partition coefficient (Wildman–Crippen LogP) is 2.46. The van der Waals surface area contributed by atoms with Crippen molar-refractivity contribution in [2.24, 2.45) is 10.8 Å². The van der Waals surface area contributed by atoms with Crippen LogP contribution in [0.5, 0.6) is 17.2 Å². The summed E-state index contributed by atoms with van der Waals surface area (Å²) in [5.74, 6) is 1.95. The summed E-state index contributed by atoms with van der Waals surface area (Å²) in [7, 11) is 1.55. The second kappa shape index (κ2) is 9.17. The van der Waals surface area contributed by atoms with E-state index >= 15 is 0 Å². The zero-order valence-corrected chi connectivity index (χ0v) is 14.2. The standard InChI is InChI=1S/C18H21N3O4/c1-13-3-6-15(7-4-13)24-9-10-25-16-8-5-14(11-17(16)23-2)12-20-21-18(19)22/h3-8,11-12H,9-10H2,1-2H3,(H3,19,21,22). The third-order valence-corrected chi connectivity index (χ3v) is 3.21. The molecular weight excluding hydrogens is 322 g/mol. The highest BCUT2D eigenvalue weighted by Gasteiger charge is 2.05. The Labute approximate surface area is 146 Å². The van der Waals surface area contributed by atoms with Gasteiger partial charge in [-0.2, -0.15) is 5.10 Å². The number of carbonyl (C=O) groups excluding carboxylic acids is 1. The molecule has 2 rings (SSSR count). The number of benzene rings is 2. The van der Waals surface area contributed by atoms with E-state index in [1.807, 2.05) is 31.2 Å². The van der Waals surface area contributed by atoms with E-state index in [9.17, 15) is 4.79 Å². The van der Waals surface area contributed by atoms with Crippen molar-refractivity contribution in [3.63, 3.8) is 0 Å². The Morgan fingerprint density at radius 2 is 1.84 bits per heavy atom. The van der Waals surface area contributed by atoms with E-state index in [4.69, 9.17) is 19.9 Å². The maximum atomic E-state index is 10.6. The van der Waals surface area contributed by atoms with Gasteiger partial charge in [0, 0.05) is 0 Å². The van der Waals surface area contributed by atoms with Crippen molar-refractivity contribution in [2.45, 2.75) is 6.92 Å². The largest absolute Gasteiger partial charge is 0.493 e. The number of hydrogen-bond acceptors (Lipinski definition) is 5. The highest BCUT2D eigenvalue weighted by molar-refractivity contribution is 5.82. The molecule has 132 valence electrons. The molecule has 25 heavy (non-hydrogen) atoms. The Hall–Kier alpha value is -3.22. The molecule has 0 aromatic heterocycles. The summed E-state index contributed by atoms with van der Waals surface area (Å²) >= 11 is 0. The van der Waals surface area contributed by atoms with Gasteiger partial charge in [-0.3, -0.25) is 0 Å². The first-order chi connectivity index (χ1) is 12.1. The normalized spacial score (nSPS) is 10.5. The Balaban J connectivity index is 1.87. The molecule has 2 aromatic rings. The van der Waals surface area contributed by atoms with Crippen molar-refractivity contribution in [1.29, 1.82) is 0 Å². The topological polar surface area (TPSA) is 95.2 Å². The van der Waals surface area contributed by atoms with Crippen LogP contribution in [0.2, 0.25) is 0 Å². The van der Waals surface area contributed by atoms with E-state index in [-0.39, 0.29) is 0 Å². The van der Waals surface area contributed by atoms with Gasteiger partial charge >= 0.3 is 6.03 Å². The number of methoxy groups -OCH3 is 1. The molecule has 0 unspecified atom stereocenters. The minimum Gasteiger partial charge on any atom is -0.493 e. The molecule has 2 amide bonds. The van der Waals surface area contributed by atoms with E-state index in [1.165, 1.54) is 11.8 Å². The maximum absolute atomic E-state index is 10.6. The number of aryl methyl sites for hydroxylation is 1. The minimum absolute atomic E-state index is 0.376. The summed E-state index contributed by atoms with van der Waals surface area (Å²) in [6, 6.07) is 12.4. The molecule has 0 spiro atoms. The van der Waals surface area contributed by atoms with Gasteiger partial charge in [0.25, 0.3) is 0 Å². The van der Waals surface area contributed by atoms with Gasteiger partial charge in [0.15, 0.2) is 11.5 Å². The van der Waals surface area contributed by atoms with E-state index in [0.717, 1.165) is 11.3 Å². The van der Waals surface area contributed by atoms with Crippen molar-refractivity contribution >= 4 is 12.2 Å². The number of rotatable bonds is 8. The second-order valence-corrected chi connectivity index (χ2v) is 5.15. The van der Waals surface area contributed by atoms with Crippen LogP contribution >= 0.6 is 0 Å². The van der Waals surface area contributed by atoms with Gasteiger partial charge in [-0.1, -0.05) is 17.7 Å². The second-order valence-electron chi connectivity index (χ2n) is 5.15. The van der Waals surface area contributed by atoms with Gasteiger partial charge in [0.1, 0.15) is 19.0 Å². The molecule has 0 atom stereocenters. The third kappa shape index (κ3) is 6.06. The van der Waals surface area contributed by atoms with Gasteiger partial charge < -0.3 is 19.9 Å². The average Bonchev–Trinajstić information content (AvgIpc) is 2.60. The first kappa shape index (κ1) is 18.1. The fourth-order valence-corrected chi connectivity index (χ4v) is 2.00. The molecule has 0 aliphatic rings. The van der Waals surface area contributed by atoms with Gasteiger partial charge in [0.2, 0.25) is 0 Å². The van der Waals surface area contributed by atoms with Crippen molar-refractivity contribution in [3.8, 4) is 17.2 Å². The average molecular weight is 343 g/mol. The smallest absolute Gasteiger partial charge is 0.332 e. The fraction of sp³-hybridized carbons (Fsp3) is 0.222. The lowest BCUT2D eigenvalue weighted by atomic mass is 10.2. The van der Waals surface area contributed by atoms with Crippen LogP contribution in [0.1, 0.15) is 11.1 Å². The van der Waals surface area contributed by atoms with E-state index in [0.29, 0.717) is 24.7 Å². The number of amides is 2. The van der Waals surface area contributed by atoms with Gasteiger partial charge in [-0.25, -0.2) is 10.2 Å². The van der Waals surface area contributed by atoms with Crippen LogP contribution in [0, 0.1) is 6.92 Å². The lowest BCUT2D eigenvalue weighted by molar-refractivity contribution is 0.211. The zero-order valence-electron chi connectivity index (χ0n) is 14.2. The lowest BCUT2D eigenvalue weighted by Crippen LogP contribution is -2.24. The quantitative estimate of drug-likeness (QED) is 0.437. The number of ether oxygens (including phenoxy) is 3. The molecule has 2 aromatic carbocycles. The molecule has 0 fully saturated rings. The first-order valence-electron chi connectivity index (χ1n) is 7.67. The van der Waals surface area contributed by atoms with Crippen LogP contribution in [-0.4, -0.2) is 32.6 Å². The Morgan fingerprint density at radius 1 is 1.12 bits per heavy atom. The summed E-state index contributed by atoms with van der Waals surface area (Å²) in [5, 5.41) is 3.70. The highest BCUT2D eigenvalue weighted by Crippen LogP contribution is 2.27. The molecule has 7 nitrogen and oxygen atoms in total. The fourth-order valence-electron chi connectivity index (χ4n) is 2.00. The number of nitrogens with zero attached hydrogens (tertiary/aromatic N) is 1. The molecule has 0 aliphatic heterocycles. The number of primary amides is 1.